The largest absolute Gasteiger partial charge is 0.309 e. The normalized spacial score (nSPS) is 11.6. The quantitative estimate of drug-likeness (QED) is 0.227. The Labute approximate surface area is 230 Å². The fourth-order valence-corrected chi connectivity index (χ4v) is 6.52. The van der Waals surface area contributed by atoms with Crippen LogP contribution in [0.25, 0.3) is 60.5 Å². The monoisotopic (exact) mass is 501 g/mol. The maximum Gasteiger partial charge on any atom is 0.0547 e. The first-order chi connectivity index (χ1) is 19.0. The average Bonchev–Trinajstić information content (AvgIpc) is 3.30. The van der Waals surface area contributed by atoms with Crippen LogP contribution in [0.2, 0.25) is 0 Å². The van der Waals surface area contributed by atoms with Gasteiger partial charge in [-0.2, -0.15) is 0 Å². The zero-order valence-corrected chi connectivity index (χ0v) is 22.9. The van der Waals surface area contributed by atoms with Gasteiger partial charge in [0.05, 0.1) is 11.0 Å². The second-order valence-corrected chi connectivity index (χ2v) is 10.7. The van der Waals surface area contributed by atoms with Gasteiger partial charge in [0.15, 0.2) is 0 Å². The molecule has 0 saturated carbocycles. The Morgan fingerprint density at radius 2 is 1.05 bits per heavy atom. The molecule has 0 unspecified atom stereocenters. The van der Waals surface area contributed by atoms with E-state index in [0.717, 1.165) is 0 Å². The van der Waals surface area contributed by atoms with Crippen molar-refractivity contribution in [2.45, 2.75) is 27.7 Å². The van der Waals surface area contributed by atoms with Gasteiger partial charge < -0.3 is 4.57 Å². The molecule has 39 heavy (non-hydrogen) atoms. The van der Waals surface area contributed by atoms with E-state index in [4.69, 9.17) is 0 Å². The molecule has 6 aromatic carbocycles. The summed E-state index contributed by atoms with van der Waals surface area (Å²) < 4.78 is 2.42. The number of aromatic nitrogens is 1. The molecule has 0 aliphatic rings. The van der Waals surface area contributed by atoms with Crippen LogP contribution < -0.4 is 0 Å². The second kappa shape index (κ2) is 8.99. The smallest absolute Gasteiger partial charge is 0.0547 e. The summed E-state index contributed by atoms with van der Waals surface area (Å²) in [6.07, 6.45) is 0. The van der Waals surface area contributed by atoms with E-state index < -0.39 is 0 Å². The fraction of sp³-hybridized carbons (Fsp3) is 0.105. The Morgan fingerprint density at radius 3 is 1.85 bits per heavy atom. The molecule has 0 aliphatic heterocycles. The van der Waals surface area contributed by atoms with Crippen LogP contribution in [0, 0.1) is 27.7 Å². The molecule has 0 atom stereocenters. The summed E-state index contributed by atoms with van der Waals surface area (Å²) >= 11 is 0. The Morgan fingerprint density at radius 1 is 0.436 bits per heavy atom. The van der Waals surface area contributed by atoms with Gasteiger partial charge in [0.2, 0.25) is 0 Å². The minimum Gasteiger partial charge on any atom is -0.309 e. The van der Waals surface area contributed by atoms with Gasteiger partial charge in [-0.1, -0.05) is 91.0 Å². The summed E-state index contributed by atoms with van der Waals surface area (Å²) in [6.45, 7) is 9.07. The molecular weight excluding hydrogens is 470 g/mol. The van der Waals surface area contributed by atoms with Crippen LogP contribution in [0.5, 0.6) is 0 Å². The standard InChI is InChI=1S/C38H31N/c1-24-18-19-25(2)36(35(24)31-22-21-28-12-8-9-15-30(28)27(31)4)37-26(3)20-23-34-38(37)32-16-10-11-17-33(32)39(34)29-13-6-5-7-14-29/h5-23H,1-4H3. The lowest BCUT2D eigenvalue weighted by atomic mass is 9.82. The van der Waals surface area contributed by atoms with Gasteiger partial charge in [-0.05, 0) is 107 Å². The van der Waals surface area contributed by atoms with Crippen molar-refractivity contribution >= 4 is 32.6 Å². The van der Waals surface area contributed by atoms with Crippen LogP contribution in [-0.4, -0.2) is 4.57 Å². The van der Waals surface area contributed by atoms with E-state index in [0.29, 0.717) is 0 Å². The van der Waals surface area contributed by atoms with E-state index in [-0.39, 0.29) is 0 Å². The van der Waals surface area contributed by atoms with Crippen LogP contribution in [-0.2, 0) is 0 Å². The fourth-order valence-electron chi connectivity index (χ4n) is 6.52. The number of fused-ring (bicyclic) bond motifs is 4. The highest BCUT2D eigenvalue weighted by atomic mass is 15.0. The number of hydrogen-bond donors (Lipinski definition) is 0. The molecule has 7 rings (SSSR count). The summed E-state index contributed by atoms with van der Waals surface area (Å²) in [5, 5.41) is 5.22. The molecule has 0 radical (unpaired) electrons. The number of benzene rings is 6. The maximum absolute atomic E-state index is 2.42. The van der Waals surface area contributed by atoms with E-state index >= 15 is 0 Å². The Balaban J connectivity index is 1.64. The Bertz CT molecular complexity index is 2040. The number of nitrogens with zero attached hydrogens (tertiary/aromatic N) is 1. The Hall–Kier alpha value is -4.62. The summed E-state index contributed by atoms with van der Waals surface area (Å²) in [4.78, 5) is 0. The molecule has 1 aromatic heterocycles. The molecule has 0 amide bonds. The molecule has 1 heteroatoms. The maximum atomic E-state index is 2.42. The van der Waals surface area contributed by atoms with Gasteiger partial charge in [0.25, 0.3) is 0 Å². The van der Waals surface area contributed by atoms with Crippen LogP contribution in [0.3, 0.4) is 0 Å². The van der Waals surface area contributed by atoms with E-state index in [1.165, 1.54) is 82.8 Å². The second-order valence-electron chi connectivity index (χ2n) is 10.7. The summed E-state index contributed by atoms with van der Waals surface area (Å²) in [7, 11) is 0. The molecule has 0 saturated heterocycles. The van der Waals surface area contributed by atoms with E-state index in [9.17, 15) is 0 Å². The number of hydrogen-bond acceptors (Lipinski definition) is 0. The molecular formula is C38H31N. The highest BCUT2D eigenvalue weighted by molar-refractivity contribution is 6.18. The van der Waals surface area contributed by atoms with E-state index in [1.54, 1.807) is 0 Å². The number of para-hydroxylation sites is 2. The molecule has 0 fully saturated rings. The first kappa shape index (κ1) is 23.5. The highest BCUT2D eigenvalue weighted by Gasteiger charge is 2.23. The van der Waals surface area contributed by atoms with Gasteiger partial charge in [-0.3, -0.25) is 0 Å². The van der Waals surface area contributed by atoms with Crippen molar-refractivity contribution in [3.63, 3.8) is 0 Å². The number of aryl methyl sites for hydroxylation is 4. The molecule has 1 heterocycles. The minimum absolute atomic E-state index is 1.19. The summed E-state index contributed by atoms with van der Waals surface area (Å²) in [5.41, 5.74) is 14.2. The van der Waals surface area contributed by atoms with Crippen LogP contribution in [0.1, 0.15) is 22.3 Å². The van der Waals surface area contributed by atoms with Crippen molar-refractivity contribution in [2.24, 2.45) is 0 Å². The minimum atomic E-state index is 1.19. The topological polar surface area (TPSA) is 4.93 Å². The van der Waals surface area contributed by atoms with Crippen molar-refractivity contribution in [3.05, 3.63) is 138 Å². The van der Waals surface area contributed by atoms with Crippen molar-refractivity contribution < 1.29 is 0 Å². The zero-order chi connectivity index (χ0) is 26.7. The lowest BCUT2D eigenvalue weighted by Gasteiger charge is -2.21. The van der Waals surface area contributed by atoms with E-state index in [2.05, 4.69) is 148 Å². The van der Waals surface area contributed by atoms with Crippen molar-refractivity contribution in [1.82, 2.24) is 4.57 Å². The van der Waals surface area contributed by atoms with Gasteiger partial charge in [0.1, 0.15) is 0 Å². The van der Waals surface area contributed by atoms with Gasteiger partial charge in [0, 0.05) is 16.5 Å². The van der Waals surface area contributed by atoms with Crippen molar-refractivity contribution in [2.75, 3.05) is 0 Å². The number of rotatable bonds is 3. The third-order valence-electron chi connectivity index (χ3n) is 8.40. The molecule has 0 N–H and O–H groups in total. The van der Waals surface area contributed by atoms with E-state index in [1.807, 2.05) is 0 Å². The predicted molar refractivity (Wildman–Crippen MR) is 168 cm³/mol. The molecule has 0 aliphatic carbocycles. The average molecular weight is 502 g/mol. The third-order valence-corrected chi connectivity index (χ3v) is 8.40. The van der Waals surface area contributed by atoms with Gasteiger partial charge >= 0.3 is 0 Å². The summed E-state index contributed by atoms with van der Waals surface area (Å²) in [5.74, 6) is 0. The highest BCUT2D eigenvalue weighted by Crippen LogP contribution is 2.46. The lowest BCUT2D eigenvalue weighted by Crippen LogP contribution is -1.98. The summed E-state index contributed by atoms with van der Waals surface area (Å²) in [6, 6.07) is 42.1. The Kier molecular flexibility index (Phi) is 5.42. The zero-order valence-electron chi connectivity index (χ0n) is 22.9. The van der Waals surface area contributed by atoms with Gasteiger partial charge in [-0.25, -0.2) is 0 Å². The van der Waals surface area contributed by atoms with Crippen LogP contribution in [0.15, 0.2) is 115 Å². The molecule has 188 valence electrons. The lowest BCUT2D eigenvalue weighted by molar-refractivity contribution is 1.18. The third kappa shape index (κ3) is 3.54. The van der Waals surface area contributed by atoms with Gasteiger partial charge in [-0.15, -0.1) is 0 Å². The molecule has 1 nitrogen and oxygen atoms in total. The SMILES string of the molecule is Cc1ccc(C)c(-c2c(C)ccc3c2c2ccccc2n3-c2ccccc2)c1-c1ccc2ccccc2c1C. The first-order valence-electron chi connectivity index (χ1n) is 13.7. The van der Waals surface area contributed by atoms with Crippen LogP contribution >= 0.6 is 0 Å². The van der Waals surface area contributed by atoms with Crippen LogP contribution in [0.4, 0.5) is 0 Å². The van der Waals surface area contributed by atoms with Crippen molar-refractivity contribution in [1.29, 1.82) is 0 Å². The molecule has 0 spiro atoms. The molecule has 7 aromatic rings. The molecule has 0 bridgehead atoms. The predicted octanol–water partition coefficient (Wildman–Crippen LogP) is 10.5. The first-order valence-corrected chi connectivity index (χ1v) is 13.7. The van der Waals surface area contributed by atoms with Crippen molar-refractivity contribution in [3.8, 4) is 27.9 Å².